The van der Waals surface area contributed by atoms with Crippen LogP contribution < -0.4 is 4.90 Å². The third-order valence-corrected chi connectivity index (χ3v) is 7.77. The average molecular weight is 514 g/mol. The molecule has 0 spiro atoms. The van der Waals surface area contributed by atoms with Crippen LogP contribution in [-0.4, -0.2) is 23.2 Å². The molecule has 40 heavy (non-hydrogen) atoms. The van der Waals surface area contributed by atoms with Crippen molar-refractivity contribution < 1.29 is 0 Å². The molecule has 5 aromatic carbocycles. The van der Waals surface area contributed by atoms with Crippen molar-refractivity contribution in [1.82, 2.24) is 23.2 Å². The maximum Gasteiger partial charge on any atom is 0.223 e. The van der Waals surface area contributed by atoms with Crippen molar-refractivity contribution in [3.8, 4) is 6.07 Å². The number of hydrogen-bond acceptors (Lipinski definition) is 4. The number of anilines is 3. The van der Waals surface area contributed by atoms with E-state index >= 15 is 0 Å². The van der Waals surface area contributed by atoms with Gasteiger partial charge in [0, 0.05) is 11.4 Å². The molecule has 0 radical (unpaired) electrons. The standard InChI is InChI=1S/C33H19N7/c34-20-21-14-16-23(17-15-21)37(22-8-2-1-3-9-22)24-18-29-31-30(19-24)39-28-13-7-5-11-26(28)36-33(39)40(31)32-35-25-10-4-6-12-27(25)38(29)32/h1-19H. The summed E-state index contributed by atoms with van der Waals surface area (Å²) in [6, 6.07) is 41.2. The largest absolute Gasteiger partial charge is 0.310 e. The first-order chi connectivity index (χ1) is 19.8. The molecule has 186 valence electrons. The molecule has 0 unspecified atom stereocenters. The monoisotopic (exact) mass is 513 g/mol. The minimum Gasteiger partial charge on any atom is -0.310 e. The van der Waals surface area contributed by atoms with Crippen LogP contribution in [0.4, 0.5) is 17.1 Å². The summed E-state index contributed by atoms with van der Waals surface area (Å²) in [5.41, 5.74) is 10.8. The van der Waals surface area contributed by atoms with Crippen molar-refractivity contribution >= 4 is 67.2 Å². The van der Waals surface area contributed by atoms with Gasteiger partial charge in [-0.2, -0.15) is 5.26 Å². The van der Waals surface area contributed by atoms with E-state index in [-0.39, 0.29) is 0 Å². The number of nitriles is 1. The molecule has 0 aliphatic carbocycles. The lowest BCUT2D eigenvalue weighted by Gasteiger charge is -2.25. The number of benzene rings is 5. The van der Waals surface area contributed by atoms with E-state index in [2.05, 4.69) is 84.8 Å². The molecule has 0 aliphatic rings. The molecule has 0 saturated carbocycles. The summed E-state index contributed by atoms with van der Waals surface area (Å²) < 4.78 is 6.66. The predicted molar refractivity (Wildman–Crippen MR) is 158 cm³/mol. The lowest BCUT2D eigenvalue weighted by molar-refractivity contribution is 1.15. The number of nitrogens with zero attached hydrogens (tertiary/aromatic N) is 7. The van der Waals surface area contributed by atoms with Crippen molar-refractivity contribution in [2.45, 2.75) is 0 Å². The number of hydrogen-bond donors (Lipinski definition) is 0. The van der Waals surface area contributed by atoms with E-state index in [4.69, 9.17) is 9.97 Å². The van der Waals surface area contributed by atoms with Gasteiger partial charge in [-0.3, -0.25) is 8.80 Å². The maximum absolute atomic E-state index is 9.41. The van der Waals surface area contributed by atoms with Gasteiger partial charge < -0.3 is 4.90 Å². The summed E-state index contributed by atoms with van der Waals surface area (Å²) in [6.45, 7) is 0. The lowest BCUT2D eigenvalue weighted by Crippen LogP contribution is -2.10. The fourth-order valence-electron chi connectivity index (χ4n) is 6.09. The Morgan fingerprint density at radius 2 is 1.05 bits per heavy atom. The van der Waals surface area contributed by atoms with Crippen molar-refractivity contribution in [2.75, 3.05) is 4.90 Å². The smallest absolute Gasteiger partial charge is 0.223 e. The molecule has 4 heterocycles. The molecule has 9 aromatic rings. The number of aromatic nitrogens is 5. The molecule has 9 rings (SSSR count). The second-order valence-corrected chi connectivity index (χ2v) is 9.97. The van der Waals surface area contributed by atoms with Crippen LogP contribution in [0.5, 0.6) is 0 Å². The van der Waals surface area contributed by atoms with Crippen LogP contribution in [0.2, 0.25) is 0 Å². The van der Waals surface area contributed by atoms with Crippen molar-refractivity contribution in [2.24, 2.45) is 0 Å². The summed E-state index contributed by atoms with van der Waals surface area (Å²) in [5.74, 6) is 1.68. The van der Waals surface area contributed by atoms with Gasteiger partial charge in [-0.15, -0.1) is 0 Å². The van der Waals surface area contributed by atoms with Gasteiger partial charge in [0.1, 0.15) is 5.52 Å². The highest BCUT2D eigenvalue weighted by atomic mass is 15.3. The zero-order valence-corrected chi connectivity index (χ0v) is 21.1. The van der Waals surface area contributed by atoms with Crippen molar-refractivity contribution in [3.05, 3.63) is 121 Å². The fourth-order valence-corrected chi connectivity index (χ4v) is 6.09. The molecule has 0 atom stereocenters. The minimum atomic E-state index is 0.629. The van der Waals surface area contributed by atoms with Crippen LogP contribution in [0.15, 0.2) is 115 Å². The maximum atomic E-state index is 9.41. The zero-order chi connectivity index (χ0) is 26.4. The van der Waals surface area contributed by atoms with E-state index in [1.54, 1.807) is 0 Å². The van der Waals surface area contributed by atoms with Crippen LogP contribution in [0.25, 0.3) is 50.2 Å². The molecule has 4 aromatic heterocycles. The Kier molecular flexibility index (Phi) is 4.00. The van der Waals surface area contributed by atoms with Gasteiger partial charge >= 0.3 is 0 Å². The molecule has 7 nitrogen and oxygen atoms in total. The van der Waals surface area contributed by atoms with E-state index in [1.807, 2.05) is 54.6 Å². The van der Waals surface area contributed by atoms with E-state index in [1.165, 1.54) is 0 Å². The van der Waals surface area contributed by atoms with Gasteiger partial charge in [0.05, 0.1) is 50.4 Å². The third kappa shape index (κ3) is 2.66. The summed E-state index contributed by atoms with van der Waals surface area (Å²) in [7, 11) is 0. The molecule has 0 saturated heterocycles. The van der Waals surface area contributed by atoms with Crippen LogP contribution >= 0.6 is 0 Å². The average Bonchev–Trinajstić information content (AvgIpc) is 3.73. The summed E-state index contributed by atoms with van der Waals surface area (Å²) in [5, 5.41) is 9.41. The quantitative estimate of drug-likeness (QED) is 0.246. The van der Waals surface area contributed by atoms with Crippen LogP contribution in [0, 0.1) is 11.3 Å². The van der Waals surface area contributed by atoms with Crippen LogP contribution in [0.1, 0.15) is 5.56 Å². The molecule has 0 aliphatic heterocycles. The van der Waals surface area contributed by atoms with E-state index in [9.17, 15) is 5.26 Å². The highest BCUT2D eigenvalue weighted by molar-refractivity contribution is 6.06. The van der Waals surface area contributed by atoms with Gasteiger partial charge in [0.15, 0.2) is 0 Å². The summed E-state index contributed by atoms with van der Waals surface area (Å²) in [4.78, 5) is 12.4. The molecule has 0 amide bonds. The second kappa shape index (κ2) is 7.59. The first-order valence-corrected chi connectivity index (χ1v) is 13.1. The Bertz CT molecular complexity index is 2320. The van der Waals surface area contributed by atoms with E-state index in [0.717, 1.165) is 67.2 Å². The Morgan fingerprint density at radius 1 is 0.525 bits per heavy atom. The summed E-state index contributed by atoms with van der Waals surface area (Å²) >= 11 is 0. The lowest BCUT2D eigenvalue weighted by atomic mass is 10.1. The highest BCUT2D eigenvalue weighted by Crippen LogP contribution is 2.41. The van der Waals surface area contributed by atoms with Gasteiger partial charge in [-0.1, -0.05) is 42.5 Å². The predicted octanol–water partition coefficient (Wildman–Crippen LogP) is 7.47. The molecule has 0 bridgehead atoms. The molecule has 7 heteroatoms. The Hall–Kier alpha value is -5.87. The Labute approximate surface area is 227 Å². The SMILES string of the molecule is N#Cc1ccc(N(c2ccccc2)c2cc3c4c(c2)n2c5ccccc5nc2n4c2nc4ccccc4n32)cc1. The fraction of sp³-hybridized carbons (Fsp3) is 0. The first-order valence-electron chi connectivity index (χ1n) is 13.1. The van der Waals surface area contributed by atoms with E-state index in [0.29, 0.717) is 5.56 Å². The molecule has 0 fully saturated rings. The van der Waals surface area contributed by atoms with Gasteiger partial charge in [0.2, 0.25) is 11.6 Å². The van der Waals surface area contributed by atoms with Crippen molar-refractivity contribution in [3.63, 3.8) is 0 Å². The Morgan fingerprint density at radius 3 is 1.62 bits per heavy atom. The Balaban J connectivity index is 1.47. The minimum absolute atomic E-state index is 0.629. The van der Waals surface area contributed by atoms with E-state index < -0.39 is 0 Å². The highest BCUT2D eigenvalue weighted by Gasteiger charge is 2.25. The van der Waals surface area contributed by atoms with Gasteiger partial charge in [0.25, 0.3) is 0 Å². The number of fused-ring (bicyclic) bond motifs is 10. The molecule has 0 N–H and O–H groups in total. The van der Waals surface area contributed by atoms with Crippen LogP contribution in [-0.2, 0) is 0 Å². The molecular formula is C33H19N7. The summed E-state index contributed by atoms with van der Waals surface area (Å²) in [6.07, 6.45) is 0. The van der Waals surface area contributed by atoms with Crippen molar-refractivity contribution in [1.29, 1.82) is 5.26 Å². The normalized spacial score (nSPS) is 12.0. The third-order valence-electron chi connectivity index (χ3n) is 7.77. The number of para-hydroxylation sites is 5. The molecular weight excluding hydrogens is 494 g/mol. The topological polar surface area (TPSA) is 66.0 Å². The second-order valence-electron chi connectivity index (χ2n) is 9.97. The first kappa shape index (κ1) is 21.1. The number of rotatable bonds is 3. The van der Waals surface area contributed by atoms with Crippen LogP contribution in [0.3, 0.4) is 0 Å². The number of imidazole rings is 4. The van der Waals surface area contributed by atoms with Gasteiger partial charge in [-0.25, -0.2) is 14.4 Å². The zero-order valence-electron chi connectivity index (χ0n) is 21.1. The van der Waals surface area contributed by atoms with Gasteiger partial charge in [-0.05, 0) is 72.8 Å².